The summed E-state index contributed by atoms with van der Waals surface area (Å²) in [5.41, 5.74) is 0.126. The number of hydrogen-bond acceptors (Lipinski definition) is 4. The number of carboxylic acids is 1. The highest BCUT2D eigenvalue weighted by atomic mass is 32.2. The van der Waals surface area contributed by atoms with E-state index in [4.69, 9.17) is 0 Å². The van der Waals surface area contributed by atoms with E-state index in [1.54, 1.807) is 22.5 Å². The predicted molar refractivity (Wildman–Crippen MR) is 77.1 cm³/mol. The van der Waals surface area contributed by atoms with Crippen molar-refractivity contribution in [2.75, 3.05) is 11.5 Å². The van der Waals surface area contributed by atoms with Crippen LogP contribution in [0.15, 0.2) is 6.07 Å². The third-order valence-corrected chi connectivity index (χ3v) is 4.70. The summed E-state index contributed by atoms with van der Waals surface area (Å²) < 4.78 is 1.62. The Labute approximate surface area is 121 Å². The largest absolute Gasteiger partial charge is 0.479 e. The first kappa shape index (κ1) is 14.9. The van der Waals surface area contributed by atoms with Gasteiger partial charge in [-0.15, -0.1) is 0 Å². The van der Waals surface area contributed by atoms with Gasteiger partial charge >= 0.3 is 5.97 Å². The van der Waals surface area contributed by atoms with Crippen molar-refractivity contribution in [1.82, 2.24) is 15.1 Å². The minimum absolute atomic E-state index is 0.357. The summed E-state index contributed by atoms with van der Waals surface area (Å²) in [7, 11) is 0. The Morgan fingerprint density at radius 2 is 2.30 bits per heavy atom. The zero-order valence-electron chi connectivity index (χ0n) is 11.7. The lowest BCUT2D eigenvalue weighted by atomic mass is 9.99. The van der Waals surface area contributed by atoms with Crippen molar-refractivity contribution in [3.63, 3.8) is 0 Å². The maximum Gasteiger partial charge on any atom is 0.330 e. The van der Waals surface area contributed by atoms with Gasteiger partial charge in [-0.1, -0.05) is 6.92 Å². The monoisotopic (exact) mass is 297 g/mol. The molecule has 110 valence electrons. The van der Waals surface area contributed by atoms with Gasteiger partial charge in [0, 0.05) is 12.3 Å². The van der Waals surface area contributed by atoms with Gasteiger partial charge in [0.25, 0.3) is 5.91 Å². The number of carbonyl (C=O) groups is 2. The van der Waals surface area contributed by atoms with Crippen LogP contribution in [0.3, 0.4) is 0 Å². The second kappa shape index (κ2) is 5.87. The fourth-order valence-corrected chi connectivity index (χ4v) is 3.56. The molecule has 0 spiro atoms. The first-order chi connectivity index (χ1) is 9.52. The van der Waals surface area contributed by atoms with Gasteiger partial charge in [-0.25, -0.2) is 4.79 Å². The molecule has 0 radical (unpaired) electrons. The zero-order chi connectivity index (χ0) is 14.8. The average molecular weight is 297 g/mol. The van der Waals surface area contributed by atoms with Crippen molar-refractivity contribution in [2.45, 2.75) is 38.8 Å². The molecule has 1 aromatic rings. The minimum Gasteiger partial charge on any atom is -0.479 e. The van der Waals surface area contributed by atoms with Gasteiger partial charge in [0.15, 0.2) is 0 Å². The lowest BCUT2D eigenvalue weighted by Gasteiger charge is -2.24. The number of nitrogens with zero attached hydrogens (tertiary/aromatic N) is 2. The number of amides is 1. The van der Waals surface area contributed by atoms with Crippen molar-refractivity contribution in [2.24, 2.45) is 0 Å². The molecular weight excluding hydrogens is 278 g/mol. The smallest absolute Gasteiger partial charge is 0.330 e. The molecule has 1 aromatic heterocycles. The number of carbonyl (C=O) groups excluding carboxylic acids is 1. The number of rotatable bonds is 5. The third kappa shape index (κ3) is 2.67. The summed E-state index contributed by atoms with van der Waals surface area (Å²) >= 11 is 1.55. The maximum atomic E-state index is 12.4. The number of nitrogens with one attached hydrogen (secondary N) is 1. The molecule has 20 heavy (non-hydrogen) atoms. The van der Waals surface area contributed by atoms with E-state index in [1.807, 2.05) is 13.8 Å². The van der Waals surface area contributed by atoms with Crippen LogP contribution in [0, 0.1) is 0 Å². The van der Waals surface area contributed by atoms with Crippen molar-refractivity contribution in [1.29, 1.82) is 0 Å². The summed E-state index contributed by atoms with van der Waals surface area (Å²) in [5, 5.41) is 16.4. The van der Waals surface area contributed by atoms with Crippen molar-refractivity contribution in [3.05, 3.63) is 17.5 Å². The Balaban J connectivity index is 2.23. The first-order valence-electron chi connectivity index (χ1n) is 6.72. The van der Waals surface area contributed by atoms with Crippen LogP contribution < -0.4 is 5.32 Å². The predicted octanol–water partition coefficient (Wildman–Crippen LogP) is 1.16. The summed E-state index contributed by atoms with van der Waals surface area (Å²) in [6.07, 6.45) is 1.20. The van der Waals surface area contributed by atoms with Crippen LogP contribution in [0.4, 0.5) is 0 Å². The van der Waals surface area contributed by atoms with Crippen LogP contribution in [-0.4, -0.2) is 43.8 Å². The highest BCUT2D eigenvalue weighted by Gasteiger charge is 2.43. The normalized spacial score (nSPS) is 21.9. The Hall–Kier alpha value is -1.50. The molecule has 1 fully saturated rings. The molecule has 0 aromatic carbocycles. The van der Waals surface area contributed by atoms with Gasteiger partial charge in [-0.05, 0) is 31.6 Å². The van der Waals surface area contributed by atoms with Crippen molar-refractivity contribution < 1.29 is 14.7 Å². The lowest BCUT2D eigenvalue weighted by molar-refractivity contribution is -0.143. The van der Waals surface area contributed by atoms with Gasteiger partial charge in [0.2, 0.25) is 0 Å². The molecule has 2 heterocycles. The molecule has 1 atom stereocenters. The van der Waals surface area contributed by atoms with Crippen LogP contribution >= 0.6 is 11.8 Å². The highest BCUT2D eigenvalue weighted by molar-refractivity contribution is 7.99. The number of carboxylic acid groups (broad SMARTS) is 1. The van der Waals surface area contributed by atoms with Gasteiger partial charge in [-0.3, -0.25) is 9.48 Å². The van der Waals surface area contributed by atoms with E-state index < -0.39 is 11.5 Å². The van der Waals surface area contributed by atoms with E-state index >= 15 is 0 Å². The van der Waals surface area contributed by atoms with E-state index in [0.29, 0.717) is 24.4 Å². The highest BCUT2D eigenvalue weighted by Crippen LogP contribution is 2.28. The van der Waals surface area contributed by atoms with E-state index in [9.17, 15) is 14.7 Å². The van der Waals surface area contributed by atoms with Gasteiger partial charge < -0.3 is 10.4 Å². The van der Waals surface area contributed by atoms with E-state index in [0.717, 1.165) is 17.9 Å². The Morgan fingerprint density at radius 3 is 2.80 bits per heavy atom. The molecule has 2 rings (SSSR count). The molecule has 2 N–H and O–H groups in total. The van der Waals surface area contributed by atoms with Crippen molar-refractivity contribution >= 4 is 23.6 Å². The van der Waals surface area contributed by atoms with Gasteiger partial charge in [0.1, 0.15) is 11.2 Å². The second-order valence-electron chi connectivity index (χ2n) is 4.83. The summed E-state index contributed by atoms with van der Waals surface area (Å²) in [6, 6.07) is 1.73. The molecule has 1 amide bonds. The summed E-state index contributed by atoms with van der Waals surface area (Å²) in [5.74, 6) is -0.160. The van der Waals surface area contributed by atoms with Crippen LogP contribution in [0.5, 0.6) is 0 Å². The molecular formula is C13H19N3O3S. The van der Waals surface area contributed by atoms with Crippen LogP contribution in [0.2, 0.25) is 0 Å². The molecule has 7 heteroatoms. The fourth-order valence-electron chi connectivity index (χ4n) is 2.23. The molecule has 0 bridgehead atoms. The Morgan fingerprint density at radius 1 is 1.55 bits per heavy atom. The molecule has 0 saturated carbocycles. The molecule has 1 saturated heterocycles. The molecule has 6 nitrogen and oxygen atoms in total. The maximum absolute atomic E-state index is 12.4. The quantitative estimate of drug-likeness (QED) is 0.852. The van der Waals surface area contributed by atoms with Crippen LogP contribution in [0.1, 0.15) is 36.5 Å². The number of aromatic nitrogens is 2. The molecule has 1 aliphatic rings. The van der Waals surface area contributed by atoms with E-state index in [2.05, 4.69) is 10.4 Å². The third-order valence-electron chi connectivity index (χ3n) is 3.51. The number of aliphatic carboxylic acids is 1. The zero-order valence-corrected chi connectivity index (χ0v) is 12.5. The second-order valence-corrected chi connectivity index (χ2v) is 5.94. The fraction of sp³-hybridized carbons (Fsp3) is 0.615. The molecule has 1 unspecified atom stereocenters. The van der Waals surface area contributed by atoms with Crippen LogP contribution in [-0.2, 0) is 17.8 Å². The molecule has 1 aliphatic heterocycles. The SMILES string of the molecule is CCc1cc(C(=O)NC2(C(=O)O)CCSC2)n(CC)n1. The summed E-state index contributed by atoms with van der Waals surface area (Å²) in [6.45, 7) is 4.45. The lowest BCUT2D eigenvalue weighted by Crippen LogP contribution is -2.55. The Kier molecular flexibility index (Phi) is 4.37. The number of hydrogen-bond donors (Lipinski definition) is 2. The average Bonchev–Trinajstić information content (AvgIpc) is 3.05. The van der Waals surface area contributed by atoms with E-state index in [-0.39, 0.29) is 5.91 Å². The van der Waals surface area contributed by atoms with E-state index in [1.165, 1.54) is 0 Å². The number of thioether (sulfide) groups is 1. The standard InChI is InChI=1S/C13H19N3O3S/c1-3-9-7-10(16(4-2)15-9)11(17)14-13(12(18)19)5-6-20-8-13/h7H,3-6,8H2,1-2H3,(H,14,17)(H,18,19). The van der Waals surface area contributed by atoms with Gasteiger partial charge in [0.05, 0.1) is 5.69 Å². The topological polar surface area (TPSA) is 84.2 Å². The minimum atomic E-state index is -1.14. The summed E-state index contributed by atoms with van der Waals surface area (Å²) in [4.78, 5) is 23.8. The first-order valence-corrected chi connectivity index (χ1v) is 7.88. The molecule has 0 aliphatic carbocycles. The number of aryl methyl sites for hydroxylation is 2. The van der Waals surface area contributed by atoms with Gasteiger partial charge in [-0.2, -0.15) is 16.9 Å². The Bertz CT molecular complexity index is 521. The van der Waals surface area contributed by atoms with Crippen LogP contribution in [0.25, 0.3) is 0 Å². The van der Waals surface area contributed by atoms with Crippen molar-refractivity contribution in [3.8, 4) is 0 Å².